The fourth-order valence-corrected chi connectivity index (χ4v) is 4.95. The van der Waals surface area contributed by atoms with Gasteiger partial charge in [-0.1, -0.05) is 0 Å². The van der Waals surface area contributed by atoms with Crippen LogP contribution in [-0.2, 0) is 10.0 Å². The van der Waals surface area contributed by atoms with Crippen LogP contribution in [0.2, 0.25) is 0 Å². The number of nitrogens with zero attached hydrogens (tertiary/aromatic N) is 5. The first-order valence-electron chi connectivity index (χ1n) is 10.0. The lowest BCUT2D eigenvalue weighted by atomic mass is 10.1. The summed E-state index contributed by atoms with van der Waals surface area (Å²) in [6.07, 6.45) is -0.932. The monoisotopic (exact) mass is 504 g/mol. The van der Waals surface area contributed by atoms with Crippen LogP contribution >= 0.6 is 0 Å². The Hall–Kier alpha value is -3.89. The minimum absolute atomic E-state index is 0.0401. The van der Waals surface area contributed by atoms with Gasteiger partial charge in [-0.15, -0.1) is 0 Å². The van der Waals surface area contributed by atoms with Gasteiger partial charge in [-0.2, -0.15) is 23.2 Å². The van der Waals surface area contributed by atoms with Gasteiger partial charge in [0.25, 0.3) is 0 Å². The highest BCUT2D eigenvalue weighted by Gasteiger charge is 2.39. The van der Waals surface area contributed by atoms with Crippen LogP contribution in [0.15, 0.2) is 53.8 Å². The van der Waals surface area contributed by atoms with Gasteiger partial charge in [0, 0.05) is 24.0 Å². The number of halogens is 4. The number of hydrogen-bond donors (Lipinski definition) is 1. The third-order valence-electron chi connectivity index (χ3n) is 5.21. The summed E-state index contributed by atoms with van der Waals surface area (Å²) >= 11 is 0. The fraction of sp³-hybridized carbons (Fsp3) is 0.182. The highest BCUT2D eigenvalue weighted by atomic mass is 32.2. The van der Waals surface area contributed by atoms with Crippen molar-refractivity contribution in [3.8, 4) is 23.4 Å². The first kappa shape index (κ1) is 24.2. The number of fused-ring (bicyclic) bond motifs is 1. The fourth-order valence-electron chi connectivity index (χ4n) is 3.55. The predicted octanol–water partition coefficient (Wildman–Crippen LogP) is 4.03. The van der Waals surface area contributed by atoms with Crippen LogP contribution < -0.4 is 4.72 Å². The summed E-state index contributed by atoms with van der Waals surface area (Å²) in [6.45, 7) is 2.07. The maximum Gasteiger partial charge on any atom is 0.404 e. The van der Waals surface area contributed by atoms with Crippen molar-refractivity contribution >= 4 is 20.9 Å². The molecule has 0 bridgehead atoms. The Kier molecular flexibility index (Phi) is 6.04. The van der Waals surface area contributed by atoms with E-state index in [2.05, 4.69) is 15.0 Å². The van der Waals surface area contributed by atoms with Gasteiger partial charge in [0.15, 0.2) is 0 Å². The molecule has 1 atom stereocenters. The predicted molar refractivity (Wildman–Crippen MR) is 117 cm³/mol. The molecule has 1 N–H and O–H groups in total. The van der Waals surface area contributed by atoms with E-state index in [1.807, 2.05) is 6.07 Å². The van der Waals surface area contributed by atoms with Crippen molar-refractivity contribution in [2.45, 2.75) is 31.0 Å². The molecule has 180 valence electrons. The minimum Gasteiger partial charge on any atom is -0.275 e. The molecule has 0 fully saturated rings. The zero-order valence-corrected chi connectivity index (χ0v) is 19.0. The Labute approximate surface area is 196 Å². The number of aryl methyl sites for hydroxylation is 1. The standard InChI is InChI=1S/C22H16F4N6O2S/c1-12-8-17(30-11-19(12)35(33,34)31-13(2)22(24,25)26)20-16(10-27)15-9-14(23)4-5-18(15)32(20)21-28-6-3-7-29-21/h3-9,11,13,31H,1-2H3/t13-/m0/s1. The Bertz CT molecular complexity index is 1580. The Morgan fingerprint density at radius 3 is 2.43 bits per heavy atom. The number of benzene rings is 1. The number of sulfonamides is 1. The maximum atomic E-state index is 14.0. The van der Waals surface area contributed by atoms with E-state index in [1.54, 1.807) is 10.8 Å². The second-order valence-corrected chi connectivity index (χ2v) is 9.28. The SMILES string of the molecule is Cc1cc(-c2c(C#N)c3cc(F)ccc3n2-c2ncccn2)ncc1S(=O)(=O)N[C@@H](C)C(F)(F)F. The van der Waals surface area contributed by atoms with Crippen LogP contribution in [0.3, 0.4) is 0 Å². The Balaban J connectivity index is 1.92. The van der Waals surface area contributed by atoms with Crippen LogP contribution in [0.4, 0.5) is 17.6 Å². The molecule has 4 aromatic rings. The summed E-state index contributed by atoms with van der Waals surface area (Å²) in [6, 6.07) is 6.42. The molecule has 1 aromatic carbocycles. The topological polar surface area (TPSA) is 114 Å². The van der Waals surface area contributed by atoms with Crippen molar-refractivity contribution in [1.82, 2.24) is 24.2 Å². The molecule has 8 nitrogen and oxygen atoms in total. The van der Waals surface area contributed by atoms with Crippen LogP contribution in [-0.4, -0.2) is 40.2 Å². The van der Waals surface area contributed by atoms with Crippen molar-refractivity contribution in [2.24, 2.45) is 0 Å². The molecule has 0 radical (unpaired) electrons. The molecule has 0 unspecified atom stereocenters. The molecule has 4 rings (SSSR count). The average Bonchev–Trinajstić information content (AvgIpc) is 3.11. The molecule has 3 aromatic heterocycles. The maximum absolute atomic E-state index is 14.0. The molecule has 0 spiro atoms. The van der Waals surface area contributed by atoms with Gasteiger partial charge >= 0.3 is 6.18 Å². The molecular weight excluding hydrogens is 488 g/mol. The summed E-state index contributed by atoms with van der Waals surface area (Å²) in [7, 11) is -4.56. The highest BCUT2D eigenvalue weighted by Crippen LogP contribution is 2.35. The number of nitrogens with one attached hydrogen (secondary N) is 1. The number of pyridine rings is 1. The Morgan fingerprint density at radius 1 is 1.14 bits per heavy atom. The molecule has 0 aliphatic heterocycles. The van der Waals surface area contributed by atoms with E-state index in [0.29, 0.717) is 12.4 Å². The molecule has 0 amide bonds. The molecule has 3 heterocycles. The lowest BCUT2D eigenvalue weighted by Gasteiger charge is -2.18. The number of nitriles is 1. The van der Waals surface area contributed by atoms with Crippen LogP contribution in [0.1, 0.15) is 18.1 Å². The second kappa shape index (κ2) is 8.71. The van der Waals surface area contributed by atoms with E-state index < -0.39 is 33.0 Å². The van der Waals surface area contributed by atoms with Crippen LogP contribution in [0.5, 0.6) is 0 Å². The van der Waals surface area contributed by atoms with E-state index >= 15 is 0 Å². The van der Waals surface area contributed by atoms with Gasteiger partial charge in [-0.25, -0.2) is 22.8 Å². The highest BCUT2D eigenvalue weighted by molar-refractivity contribution is 7.89. The first-order chi connectivity index (χ1) is 16.4. The summed E-state index contributed by atoms with van der Waals surface area (Å²) in [4.78, 5) is 12.1. The van der Waals surface area contributed by atoms with Gasteiger partial charge < -0.3 is 0 Å². The molecule has 0 saturated carbocycles. The lowest BCUT2D eigenvalue weighted by Crippen LogP contribution is -2.43. The lowest BCUT2D eigenvalue weighted by molar-refractivity contribution is -0.147. The smallest absolute Gasteiger partial charge is 0.275 e. The summed E-state index contributed by atoms with van der Waals surface area (Å²) < 4.78 is 80.9. The molecular formula is C22H16F4N6O2S. The van der Waals surface area contributed by atoms with Gasteiger partial charge in [0.1, 0.15) is 22.8 Å². The first-order valence-corrected chi connectivity index (χ1v) is 11.5. The quantitative estimate of drug-likeness (QED) is 0.411. The van der Waals surface area contributed by atoms with Gasteiger partial charge in [0.2, 0.25) is 16.0 Å². The zero-order valence-electron chi connectivity index (χ0n) is 18.2. The molecule has 35 heavy (non-hydrogen) atoms. The number of rotatable bonds is 5. The summed E-state index contributed by atoms with van der Waals surface area (Å²) in [5.41, 5.74) is 0.811. The van der Waals surface area contributed by atoms with Crippen molar-refractivity contribution < 1.29 is 26.0 Å². The number of alkyl halides is 3. The van der Waals surface area contributed by atoms with Crippen molar-refractivity contribution in [1.29, 1.82) is 5.26 Å². The third kappa shape index (κ3) is 4.45. The van der Waals surface area contributed by atoms with E-state index in [9.17, 15) is 31.2 Å². The summed E-state index contributed by atoms with van der Waals surface area (Å²) in [5, 5.41) is 10.1. The molecule has 0 aliphatic rings. The number of aromatic nitrogens is 4. The van der Waals surface area contributed by atoms with E-state index in [1.165, 1.54) is 48.1 Å². The van der Waals surface area contributed by atoms with Gasteiger partial charge in [-0.3, -0.25) is 9.55 Å². The number of hydrogen-bond acceptors (Lipinski definition) is 6. The molecule has 13 heteroatoms. The summed E-state index contributed by atoms with van der Waals surface area (Å²) in [5.74, 6) is -0.431. The second-order valence-electron chi connectivity index (χ2n) is 7.60. The normalized spacial score (nSPS) is 13.1. The molecule has 0 saturated heterocycles. The van der Waals surface area contributed by atoms with Gasteiger partial charge in [0.05, 0.1) is 22.5 Å². The van der Waals surface area contributed by atoms with Crippen LogP contribution in [0.25, 0.3) is 28.2 Å². The van der Waals surface area contributed by atoms with Crippen LogP contribution in [0, 0.1) is 24.1 Å². The molecule has 0 aliphatic carbocycles. The van der Waals surface area contributed by atoms with E-state index in [4.69, 9.17) is 0 Å². The van der Waals surface area contributed by atoms with E-state index in [0.717, 1.165) is 6.20 Å². The zero-order chi connectivity index (χ0) is 25.5. The average molecular weight is 504 g/mol. The third-order valence-corrected chi connectivity index (χ3v) is 6.88. The van der Waals surface area contributed by atoms with E-state index in [-0.39, 0.29) is 33.8 Å². The van der Waals surface area contributed by atoms with Crippen molar-refractivity contribution in [3.63, 3.8) is 0 Å². The minimum atomic E-state index is -4.78. The van der Waals surface area contributed by atoms with Crippen molar-refractivity contribution in [3.05, 3.63) is 65.9 Å². The largest absolute Gasteiger partial charge is 0.404 e. The van der Waals surface area contributed by atoms with Crippen molar-refractivity contribution in [2.75, 3.05) is 0 Å². The van der Waals surface area contributed by atoms with Gasteiger partial charge in [-0.05, 0) is 49.7 Å². The Morgan fingerprint density at radius 2 is 1.83 bits per heavy atom.